The fourth-order valence-electron chi connectivity index (χ4n) is 3.63. The predicted molar refractivity (Wildman–Crippen MR) is 132 cm³/mol. The van der Waals surface area contributed by atoms with E-state index in [0.717, 1.165) is 40.2 Å². The van der Waals surface area contributed by atoms with Gasteiger partial charge in [-0.1, -0.05) is 30.0 Å². The molecule has 2 heterocycles. The summed E-state index contributed by atoms with van der Waals surface area (Å²) in [5.74, 6) is 0.716. The van der Waals surface area contributed by atoms with E-state index >= 15 is 0 Å². The minimum absolute atomic E-state index is 0.159. The van der Waals surface area contributed by atoms with Crippen LogP contribution in [0.1, 0.15) is 12.0 Å². The Morgan fingerprint density at radius 2 is 1.84 bits per heavy atom. The molecule has 0 spiro atoms. The number of nitrogens with zero attached hydrogens (tertiary/aromatic N) is 2. The summed E-state index contributed by atoms with van der Waals surface area (Å²) < 4.78 is 6.01. The predicted octanol–water partition coefficient (Wildman–Crippen LogP) is 3.91. The summed E-state index contributed by atoms with van der Waals surface area (Å²) in [5, 5.41) is 0.857. The van der Waals surface area contributed by atoms with Crippen molar-refractivity contribution in [3.63, 3.8) is 0 Å². The van der Waals surface area contributed by atoms with E-state index in [1.165, 1.54) is 4.90 Å². The van der Waals surface area contributed by atoms with Gasteiger partial charge in [0.15, 0.2) is 0 Å². The second-order valence-corrected chi connectivity index (χ2v) is 9.10. The monoisotopic (exact) mass is 465 g/mol. The first-order valence-corrected chi connectivity index (χ1v) is 11.8. The number of thioether (sulfide) groups is 1. The molecule has 0 aliphatic carbocycles. The molecule has 164 valence electrons. The number of aromatic nitrogens is 1. The molecular weight excluding hydrogens is 441 g/mol. The van der Waals surface area contributed by atoms with Crippen LogP contribution in [0.2, 0.25) is 0 Å². The molecule has 0 saturated carbocycles. The first-order valence-electron chi connectivity index (χ1n) is 10.3. The molecule has 1 aliphatic rings. The van der Waals surface area contributed by atoms with Crippen LogP contribution in [0.5, 0.6) is 5.75 Å². The number of anilines is 1. The van der Waals surface area contributed by atoms with Gasteiger partial charge in [0, 0.05) is 18.1 Å². The fraction of sp³-hybridized carbons (Fsp3) is 0.208. The molecule has 1 fully saturated rings. The summed E-state index contributed by atoms with van der Waals surface area (Å²) in [7, 11) is 2.72. The molecule has 8 heteroatoms. The SMILES string of the molecule is Nc1ccc(P)c(-c2ccc(OCC(CCc3ccncc3)N3C(=O)CSC3=O)cc2)c1. The summed E-state index contributed by atoms with van der Waals surface area (Å²) in [4.78, 5) is 30.0. The molecule has 1 aromatic heterocycles. The standard InChI is InChI=1S/C24H24N3O3PS/c25-18-4-8-22(31)21(13-18)17-2-6-20(7-3-17)30-14-19(27-23(28)15-32-24(27)29)5-1-16-9-11-26-12-10-16/h2-4,6-13,19H,1,5,14-15,25,31H2. The van der Waals surface area contributed by atoms with E-state index in [4.69, 9.17) is 10.5 Å². The van der Waals surface area contributed by atoms with Crippen molar-refractivity contribution >= 4 is 43.1 Å². The van der Waals surface area contributed by atoms with Crippen LogP contribution in [-0.2, 0) is 11.2 Å². The summed E-state index contributed by atoms with van der Waals surface area (Å²) in [5.41, 5.74) is 9.82. The Balaban J connectivity index is 1.45. The van der Waals surface area contributed by atoms with Crippen LogP contribution >= 0.6 is 21.0 Å². The van der Waals surface area contributed by atoms with E-state index in [1.807, 2.05) is 54.6 Å². The topological polar surface area (TPSA) is 85.5 Å². The quantitative estimate of drug-likeness (QED) is 0.401. The Hall–Kier alpha value is -2.89. The van der Waals surface area contributed by atoms with Crippen LogP contribution in [0.4, 0.5) is 10.5 Å². The third kappa shape index (κ3) is 5.29. The van der Waals surface area contributed by atoms with E-state index in [-0.39, 0.29) is 29.5 Å². The Morgan fingerprint density at radius 1 is 1.09 bits per heavy atom. The van der Waals surface area contributed by atoms with Gasteiger partial charge in [-0.15, -0.1) is 9.24 Å². The number of hydrogen-bond donors (Lipinski definition) is 1. The van der Waals surface area contributed by atoms with Gasteiger partial charge in [-0.05, 0) is 71.2 Å². The number of nitrogen functional groups attached to an aromatic ring is 1. The number of ether oxygens (including phenoxy) is 1. The van der Waals surface area contributed by atoms with E-state index in [2.05, 4.69) is 14.2 Å². The van der Waals surface area contributed by atoms with Crippen LogP contribution in [0, 0.1) is 0 Å². The van der Waals surface area contributed by atoms with Crippen molar-refractivity contribution in [1.82, 2.24) is 9.88 Å². The molecule has 2 atom stereocenters. The maximum Gasteiger partial charge on any atom is 0.289 e. The number of amides is 2. The maximum absolute atomic E-state index is 12.3. The number of rotatable bonds is 8. The van der Waals surface area contributed by atoms with Gasteiger partial charge in [-0.25, -0.2) is 0 Å². The highest BCUT2D eigenvalue weighted by molar-refractivity contribution is 8.14. The Bertz CT molecular complexity index is 1090. The zero-order valence-corrected chi connectivity index (χ0v) is 19.4. The normalized spacial score (nSPS) is 14.6. The fourth-order valence-corrected chi connectivity index (χ4v) is 4.76. The number of imide groups is 1. The molecule has 3 aromatic rings. The lowest BCUT2D eigenvalue weighted by molar-refractivity contribution is -0.126. The minimum atomic E-state index is -0.328. The van der Waals surface area contributed by atoms with Gasteiger partial charge >= 0.3 is 0 Å². The summed E-state index contributed by atoms with van der Waals surface area (Å²) in [6, 6.07) is 17.1. The number of nitrogens with two attached hydrogens (primary N) is 1. The number of hydrogen-bond acceptors (Lipinski definition) is 6. The third-order valence-electron chi connectivity index (χ3n) is 5.35. The average molecular weight is 466 g/mol. The highest BCUT2D eigenvalue weighted by atomic mass is 32.2. The van der Waals surface area contributed by atoms with Crippen molar-refractivity contribution < 1.29 is 14.3 Å². The first kappa shape index (κ1) is 22.3. The lowest BCUT2D eigenvalue weighted by Crippen LogP contribution is -2.43. The molecular formula is C24H24N3O3PS. The lowest BCUT2D eigenvalue weighted by Gasteiger charge is -2.25. The van der Waals surface area contributed by atoms with Crippen molar-refractivity contribution in [2.45, 2.75) is 18.9 Å². The minimum Gasteiger partial charge on any atom is -0.491 e. The first-order chi connectivity index (χ1) is 15.5. The largest absolute Gasteiger partial charge is 0.491 e. The van der Waals surface area contributed by atoms with Crippen LogP contribution in [0.25, 0.3) is 11.1 Å². The van der Waals surface area contributed by atoms with Gasteiger partial charge in [-0.3, -0.25) is 19.5 Å². The smallest absolute Gasteiger partial charge is 0.289 e. The van der Waals surface area contributed by atoms with Crippen molar-refractivity contribution in [2.24, 2.45) is 0 Å². The number of carbonyl (C=O) groups is 2. The van der Waals surface area contributed by atoms with E-state index in [9.17, 15) is 9.59 Å². The summed E-state index contributed by atoms with van der Waals surface area (Å²) >= 11 is 1.05. The van der Waals surface area contributed by atoms with E-state index in [1.54, 1.807) is 12.4 Å². The van der Waals surface area contributed by atoms with Gasteiger partial charge < -0.3 is 10.5 Å². The highest BCUT2D eigenvalue weighted by Gasteiger charge is 2.36. The molecule has 0 bridgehead atoms. The van der Waals surface area contributed by atoms with Crippen LogP contribution in [0.15, 0.2) is 67.0 Å². The van der Waals surface area contributed by atoms with E-state index < -0.39 is 0 Å². The zero-order valence-electron chi connectivity index (χ0n) is 17.4. The Kier molecular flexibility index (Phi) is 7.08. The second kappa shape index (κ2) is 10.2. The average Bonchev–Trinajstić information content (AvgIpc) is 3.15. The second-order valence-electron chi connectivity index (χ2n) is 7.55. The summed E-state index contributed by atoms with van der Waals surface area (Å²) in [6.07, 6.45) is 4.83. The molecule has 0 radical (unpaired) electrons. The third-order valence-corrected chi connectivity index (χ3v) is 6.69. The molecule has 6 nitrogen and oxygen atoms in total. The van der Waals surface area contributed by atoms with Crippen molar-refractivity contribution in [2.75, 3.05) is 18.1 Å². The molecule has 2 amide bonds. The summed E-state index contributed by atoms with van der Waals surface area (Å²) in [6.45, 7) is 0.246. The number of carbonyl (C=O) groups excluding carboxylic acids is 2. The lowest BCUT2D eigenvalue weighted by atomic mass is 10.0. The molecule has 2 N–H and O–H groups in total. The van der Waals surface area contributed by atoms with Crippen molar-refractivity contribution in [3.8, 4) is 16.9 Å². The zero-order chi connectivity index (χ0) is 22.5. The van der Waals surface area contributed by atoms with Gasteiger partial charge in [0.05, 0.1) is 11.8 Å². The Morgan fingerprint density at radius 3 is 2.53 bits per heavy atom. The van der Waals surface area contributed by atoms with Crippen molar-refractivity contribution in [1.29, 1.82) is 0 Å². The molecule has 2 unspecified atom stereocenters. The number of pyridine rings is 1. The van der Waals surface area contributed by atoms with Gasteiger partial charge in [-0.2, -0.15) is 0 Å². The van der Waals surface area contributed by atoms with Crippen LogP contribution in [0.3, 0.4) is 0 Å². The molecule has 2 aromatic carbocycles. The van der Waals surface area contributed by atoms with Gasteiger partial charge in [0.25, 0.3) is 5.24 Å². The van der Waals surface area contributed by atoms with Crippen LogP contribution in [-0.4, -0.2) is 39.4 Å². The Labute approximate surface area is 193 Å². The van der Waals surface area contributed by atoms with Gasteiger partial charge in [0.2, 0.25) is 5.91 Å². The molecule has 1 saturated heterocycles. The molecule has 4 rings (SSSR count). The van der Waals surface area contributed by atoms with Crippen LogP contribution < -0.4 is 15.8 Å². The van der Waals surface area contributed by atoms with Gasteiger partial charge in [0.1, 0.15) is 12.4 Å². The highest BCUT2D eigenvalue weighted by Crippen LogP contribution is 2.26. The number of aryl methyl sites for hydroxylation is 1. The molecule has 1 aliphatic heterocycles. The maximum atomic E-state index is 12.3. The number of benzene rings is 2. The van der Waals surface area contributed by atoms with E-state index in [0.29, 0.717) is 17.9 Å². The van der Waals surface area contributed by atoms with Crippen molar-refractivity contribution in [3.05, 3.63) is 72.6 Å². The molecule has 32 heavy (non-hydrogen) atoms.